The summed E-state index contributed by atoms with van der Waals surface area (Å²) in [5, 5.41) is 11.6. The van der Waals surface area contributed by atoms with Gasteiger partial charge in [-0.05, 0) is 41.1 Å². The molecule has 0 atom stereocenters. The first kappa shape index (κ1) is 10.7. The molecule has 3 heteroatoms. The second-order valence-corrected chi connectivity index (χ2v) is 4.18. The van der Waals surface area contributed by atoms with Gasteiger partial charge in [0.05, 0.1) is 0 Å². The monoisotopic (exact) mass is 236 g/mol. The van der Waals surface area contributed by atoms with Gasteiger partial charge in [0.1, 0.15) is 0 Å². The summed E-state index contributed by atoms with van der Waals surface area (Å²) in [6.07, 6.45) is 6.09. The molecule has 0 aliphatic carbocycles. The highest BCUT2D eigenvalue weighted by Crippen LogP contribution is 2.26. The molecular weight excluding hydrogens is 224 g/mol. The predicted octanol–water partition coefficient (Wildman–Crippen LogP) is 2.93. The van der Waals surface area contributed by atoms with Crippen molar-refractivity contribution in [3.05, 3.63) is 66.1 Å². The molecule has 0 aliphatic heterocycles. The first-order chi connectivity index (χ1) is 8.84. The lowest BCUT2D eigenvalue weighted by Gasteiger charge is -2.07. The van der Waals surface area contributed by atoms with Crippen LogP contribution in [0.4, 0.5) is 0 Å². The molecule has 3 rings (SSSR count). The van der Waals surface area contributed by atoms with Crippen LogP contribution < -0.4 is 0 Å². The van der Waals surface area contributed by atoms with E-state index < -0.39 is 0 Å². The fourth-order valence-corrected chi connectivity index (χ4v) is 2.10. The third-order valence-electron chi connectivity index (χ3n) is 3.00. The van der Waals surface area contributed by atoms with Crippen LogP contribution >= 0.6 is 0 Å². The van der Waals surface area contributed by atoms with E-state index in [1.165, 1.54) is 5.56 Å². The summed E-state index contributed by atoms with van der Waals surface area (Å²) in [6, 6.07) is 11.7. The van der Waals surface area contributed by atoms with Crippen LogP contribution in [0.3, 0.4) is 0 Å². The zero-order chi connectivity index (χ0) is 12.4. The quantitative estimate of drug-likeness (QED) is 0.744. The van der Waals surface area contributed by atoms with Crippen LogP contribution in [0.1, 0.15) is 11.1 Å². The molecule has 3 aromatic rings. The Kier molecular flexibility index (Phi) is 2.65. The molecule has 0 unspecified atom stereocenters. The lowest BCUT2D eigenvalue weighted by molar-refractivity contribution is 0.460. The Hall–Kier alpha value is -2.42. The molecular formula is C15H12N2O. The molecule has 0 bridgehead atoms. The van der Waals surface area contributed by atoms with Gasteiger partial charge >= 0.3 is 0 Å². The van der Waals surface area contributed by atoms with Crippen molar-refractivity contribution in [2.75, 3.05) is 0 Å². The largest absolute Gasteiger partial charge is 0.493 e. The molecule has 1 aromatic carbocycles. The lowest BCUT2D eigenvalue weighted by atomic mass is 10.0. The van der Waals surface area contributed by atoms with Gasteiger partial charge in [-0.3, -0.25) is 4.98 Å². The Morgan fingerprint density at radius 3 is 2.44 bits per heavy atom. The van der Waals surface area contributed by atoms with Crippen molar-refractivity contribution >= 4 is 10.8 Å². The highest BCUT2D eigenvalue weighted by Gasteiger charge is 2.06. The minimum absolute atomic E-state index is 0.0871. The number of rotatable bonds is 2. The fraction of sp³-hybridized carbons (Fsp3) is 0.0667. The summed E-state index contributed by atoms with van der Waals surface area (Å²) in [4.78, 5) is 8.05. The molecule has 0 amide bonds. The van der Waals surface area contributed by atoms with E-state index in [0.29, 0.717) is 0 Å². The Morgan fingerprint density at radius 2 is 1.67 bits per heavy atom. The van der Waals surface area contributed by atoms with Gasteiger partial charge in [-0.2, -0.15) is 0 Å². The molecule has 88 valence electrons. The molecule has 18 heavy (non-hydrogen) atoms. The van der Waals surface area contributed by atoms with Crippen molar-refractivity contribution in [3.63, 3.8) is 0 Å². The third kappa shape index (κ3) is 1.91. The minimum atomic E-state index is 0.0871. The first-order valence-corrected chi connectivity index (χ1v) is 5.79. The van der Waals surface area contributed by atoms with Crippen LogP contribution in [0.15, 0.2) is 55.0 Å². The number of benzene rings is 1. The maximum Gasteiger partial charge on any atom is 0.218 e. The van der Waals surface area contributed by atoms with Gasteiger partial charge < -0.3 is 5.11 Å². The molecule has 2 heterocycles. The minimum Gasteiger partial charge on any atom is -0.493 e. The van der Waals surface area contributed by atoms with Crippen molar-refractivity contribution < 1.29 is 5.11 Å². The second-order valence-electron chi connectivity index (χ2n) is 4.18. The molecule has 0 radical (unpaired) electrons. The van der Waals surface area contributed by atoms with Gasteiger partial charge in [0.25, 0.3) is 0 Å². The Morgan fingerprint density at radius 1 is 0.944 bits per heavy atom. The predicted molar refractivity (Wildman–Crippen MR) is 70.5 cm³/mol. The van der Waals surface area contributed by atoms with Crippen LogP contribution in [0.25, 0.3) is 10.8 Å². The van der Waals surface area contributed by atoms with E-state index >= 15 is 0 Å². The zero-order valence-corrected chi connectivity index (χ0v) is 9.74. The standard InChI is InChI=1S/C15H12N2O/c18-15-14-4-2-1-3-13(14)12(10-17-15)9-11-5-7-16-8-6-11/h1-8,10H,9H2,(H,17,18). The highest BCUT2D eigenvalue weighted by atomic mass is 16.3. The number of aromatic hydroxyl groups is 1. The summed E-state index contributed by atoms with van der Waals surface area (Å²) in [7, 11) is 0. The van der Waals surface area contributed by atoms with Crippen molar-refractivity contribution in [1.29, 1.82) is 0 Å². The molecule has 0 fully saturated rings. The Balaban J connectivity index is 2.10. The highest BCUT2D eigenvalue weighted by molar-refractivity contribution is 5.89. The zero-order valence-electron chi connectivity index (χ0n) is 9.74. The summed E-state index contributed by atoms with van der Waals surface area (Å²) >= 11 is 0. The van der Waals surface area contributed by atoms with Gasteiger partial charge in [-0.15, -0.1) is 0 Å². The van der Waals surface area contributed by atoms with E-state index in [9.17, 15) is 5.11 Å². The van der Waals surface area contributed by atoms with Crippen LogP contribution in [-0.2, 0) is 6.42 Å². The molecule has 1 N–H and O–H groups in total. The van der Waals surface area contributed by atoms with Gasteiger partial charge in [-0.25, -0.2) is 4.98 Å². The number of nitrogens with zero attached hydrogens (tertiary/aromatic N) is 2. The second kappa shape index (κ2) is 4.45. The number of hydrogen-bond acceptors (Lipinski definition) is 3. The molecule has 2 aromatic heterocycles. The Labute approximate surface area is 105 Å². The maximum atomic E-state index is 9.74. The van der Waals surface area contributed by atoms with Crippen molar-refractivity contribution in [1.82, 2.24) is 9.97 Å². The SMILES string of the molecule is Oc1ncc(Cc2ccncc2)c2ccccc12. The van der Waals surface area contributed by atoms with Gasteiger partial charge in [0, 0.05) is 24.0 Å². The maximum absolute atomic E-state index is 9.74. The van der Waals surface area contributed by atoms with Crippen LogP contribution in [-0.4, -0.2) is 15.1 Å². The normalized spacial score (nSPS) is 10.7. The summed E-state index contributed by atoms with van der Waals surface area (Å²) in [5.74, 6) is 0.0871. The van der Waals surface area contributed by atoms with E-state index in [1.54, 1.807) is 18.6 Å². The van der Waals surface area contributed by atoms with E-state index in [-0.39, 0.29) is 5.88 Å². The number of aromatic nitrogens is 2. The van der Waals surface area contributed by atoms with E-state index in [0.717, 1.165) is 22.8 Å². The smallest absolute Gasteiger partial charge is 0.218 e. The van der Waals surface area contributed by atoms with Gasteiger partial charge in [-0.1, -0.05) is 18.2 Å². The van der Waals surface area contributed by atoms with Crippen molar-refractivity contribution in [2.24, 2.45) is 0 Å². The molecule has 0 saturated carbocycles. The van der Waals surface area contributed by atoms with Crippen molar-refractivity contribution in [2.45, 2.75) is 6.42 Å². The van der Waals surface area contributed by atoms with Crippen LogP contribution in [0.2, 0.25) is 0 Å². The molecule has 0 aliphatic rings. The molecule has 0 saturated heterocycles. The first-order valence-electron chi connectivity index (χ1n) is 5.79. The summed E-state index contributed by atoms with van der Waals surface area (Å²) in [5.41, 5.74) is 2.29. The summed E-state index contributed by atoms with van der Waals surface area (Å²) < 4.78 is 0. The molecule has 0 spiro atoms. The molecule has 3 nitrogen and oxygen atoms in total. The number of hydrogen-bond donors (Lipinski definition) is 1. The van der Waals surface area contributed by atoms with Crippen molar-refractivity contribution in [3.8, 4) is 5.88 Å². The summed E-state index contributed by atoms with van der Waals surface area (Å²) in [6.45, 7) is 0. The van der Waals surface area contributed by atoms with E-state index in [1.807, 2.05) is 36.4 Å². The average molecular weight is 236 g/mol. The van der Waals surface area contributed by atoms with Gasteiger partial charge in [0.15, 0.2) is 0 Å². The van der Waals surface area contributed by atoms with E-state index in [4.69, 9.17) is 0 Å². The van der Waals surface area contributed by atoms with E-state index in [2.05, 4.69) is 9.97 Å². The Bertz CT molecular complexity index is 680. The number of pyridine rings is 2. The number of fused-ring (bicyclic) bond motifs is 1. The third-order valence-corrected chi connectivity index (χ3v) is 3.00. The van der Waals surface area contributed by atoms with Crippen LogP contribution in [0.5, 0.6) is 5.88 Å². The lowest BCUT2D eigenvalue weighted by Crippen LogP contribution is -1.92. The average Bonchev–Trinajstić information content (AvgIpc) is 2.44. The van der Waals surface area contributed by atoms with Gasteiger partial charge in [0.2, 0.25) is 5.88 Å². The van der Waals surface area contributed by atoms with Crippen LogP contribution in [0, 0.1) is 0 Å². The fourth-order valence-electron chi connectivity index (χ4n) is 2.10. The topological polar surface area (TPSA) is 46.0 Å².